The molecule has 3 aromatic rings. The topological polar surface area (TPSA) is 58.2 Å². The summed E-state index contributed by atoms with van der Waals surface area (Å²) in [6.07, 6.45) is 0. The monoisotopic (exact) mass is 378 g/mol. The van der Waals surface area contributed by atoms with Gasteiger partial charge in [-0.05, 0) is 43.0 Å². The Balaban J connectivity index is 1.74. The minimum Gasteiger partial charge on any atom is -0.325 e. The molecule has 138 valence electrons. The summed E-state index contributed by atoms with van der Waals surface area (Å²) in [5.74, 6) is -0.174. The highest BCUT2D eigenvalue weighted by Crippen LogP contribution is 2.26. The molecule has 2 N–H and O–H groups in total. The molecule has 4 nitrogen and oxygen atoms in total. The van der Waals surface area contributed by atoms with Crippen LogP contribution in [0.3, 0.4) is 0 Å². The van der Waals surface area contributed by atoms with Gasteiger partial charge < -0.3 is 5.32 Å². The zero-order valence-corrected chi connectivity index (χ0v) is 16.1. The molecule has 0 saturated carbocycles. The van der Waals surface area contributed by atoms with E-state index in [1.807, 2.05) is 36.6 Å². The van der Waals surface area contributed by atoms with Crippen molar-refractivity contribution >= 4 is 28.7 Å². The van der Waals surface area contributed by atoms with Gasteiger partial charge in [0.15, 0.2) is 5.78 Å². The Morgan fingerprint density at radius 3 is 2.41 bits per heavy atom. The number of thiophene rings is 1. The first kappa shape index (κ1) is 19.0. The quantitative estimate of drug-likeness (QED) is 0.588. The van der Waals surface area contributed by atoms with Gasteiger partial charge >= 0.3 is 0 Å². The molecule has 0 spiro atoms. The molecule has 2 atom stereocenters. The lowest BCUT2D eigenvalue weighted by atomic mass is 10.0. The fourth-order valence-electron chi connectivity index (χ4n) is 2.84. The van der Waals surface area contributed by atoms with Crippen molar-refractivity contribution in [3.8, 4) is 0 Å². The summed E-state index contributed by atoms with van der Waals surface area (Å²) in [5.41, 5.74) is 2.31. The van der Waals surface area contributed by atoms with E-state index in [9.17, 15) is 9.59 Å². The Labute approximate surface area is 163 Å². The van der Waals surface area contributed by atoms with Gasteiger partial charge in [-0.3, -0.25) is 14.9 Å². The molecule has 0 aliphatic heterocycles. The predicted octanol–water partition coefficient (Wildman–Crippen LogP) is 4.66. The van der Waals surface area contributed by atoms with Crippen molar-refractivity contribution in [1.29, 1.82) is 0 Å². The molecule has 0 unspecified atom stereocenters. The number of hydrogen-bond acceptors (Lipinski definition) is 4. The minimum atomic E-state index is -0.418. The number of amides is 1. The normalized spacial score (nSPS) is 13.0. The largest absolute Gasteiger partial charge is 0.325 e. The van der Waals surface area contributed by atoms with Gasteiger partial charge in [0.05, 0.1) is 12.1 Å². The number of benzene rings is 2. The van der Waals surface area contributed by atoms with E-state index in [0.717, 1.165) is 10.4 Å². The van der Waals surface area contributed by atoms with Crippen LogP contribution in [0.5, 0.6) is 0 Å². The molecule has 0 aliphatic carbocycles. The Hall–Kier alpha value is -2.76. The Morgan fingerprint density at radius 2 is 1.74 bits per heavy atom. The van der Waals surface area contributed by atoms with E-state index < -0.39 is 6.04 Å². The van der Waals surface area contributed by atoms with E-state index in [1.54, 1.807) is 35.6 Å². The van der Waals surface area contributed by atoms with E-state index in [-0.39, 0.29) is 17.7 Å². The highest BCUT2D eigenvalue weighted by atomic mass is 32.1. The van der Waals surface area contributed by atoms with Crippen molar-refractivity contribution in [2.45, 2.75) is 25.9 Å². The fraction of sp³-hybridized carbons (Fsp3) is 0.182. The van der Waals surface area contributed by atoms with E-state index in [4.69, 9.17) is 0 Å². The predicted molar refractivity (Wildman–Crippen MR) is 110 cm³/mol. The van der Waals surface area contributed by atoms with Crippen LogP contribution in [-0.4, -0.2) is 17.7 Å². The molecular weight excluding hydrogens is 356 g/mol. The first-order valence-corrected chi connectivity index (χ1v) is 9.69. The lowest BCUT2D eigenvalue weighted by Gasteiger charge is -2.22. The Morgan fingerprint density at radius 1 is 0.963 bits per heavy atom. The average Bonchev–Trinajstić information content (AvgIpc) is 3.21. The number of ketones is 1. The van der Waals surface area contributed by atoms with Crippen LogP contribution in [0.4, 0.5) is 5.69 Å². The van der Waals surface area contributed by atoms with Crippen molar-refractivity contribution in [1.82, 2.24) is 5.32 Å². The molecule has 2 aromatic carbocycles. The smallest absolute Gasteiger partial charge is 0.241 e. The second-order valence-electron chi connectivity index (χ2n) is 6.37. The highest BCUT2D eigenvalue weighted by molar-refractivity contribution is 7.10. The zero-order valence-electron chi connectivity index (χ0n) is 15.3. The lowest BCUT2D eigenvalue weighted by Crippen LogP contribution is -2.40. The summed E-state index contributed by atoms with van der Waals surface area (Å²) in [7, 11) is 0. The van der Waals surface area contributed by atoms with Crippen LogP contribution in [0.1, 0.15) is 40.7 Å². The zero-order chi connectivity index (χ0) is 19.2. The molecule has 1 aromatic heterocycles. The summed E-state index contributed by atoms with van der Waals surface area (Å²) in [4.78, 5) is 25.4. The van der Waals surface area contributed by atoms with Crippen LogP contribution in [0.15, 0.2) is 72.1 Å². The molecule has 0 aliphatic rings. The summed E-state index contributed by atoms with van der Waals surface area (Å²) in [5, 5.41) is 8.35. The third-order valence-electron chi connectivity index (χ3n) is 4.31. The maximum absolute atomic E-state index is 12.7. The van der Waals surface area contributed by atoms with Gasteiger partial charge in [0, 0.05) is 16.1 Å². The lowest BCUT2D eigenvalue weighted by molar-refractivity contribution is -0.117. The molecule has 1 amide bonds. The first-order valence-electron chi connectivity index (χ1n) is 8.81. The summed E-state index contributed by atoms with van der Waals surface area (Å²) < 4.78 is 0. The van der Waals surface area contributed by atoms with Crippen molar-refractivity contribution in [3.05, 3.63) is 88.1 Å². The summed E-state index contributed by atoms with van der Waals surface area (Å²) in [6.45, 7) is 3.35. The van der Waals surface area contributed by atoms with E-state index in [1.165, 1.54) is 6.92 Å². The van der Waals surface area contributed by atoms with E-state index >= 15 is 0 Å². The average molecular weight is 378 g/mol. The van der Waals surface area contributed by atoms with Crippen LogP contribution in [0.25, 0.3) is 0 Å². The number of Topliss-reactive ketones (excluding diaryl/α,β-unsaturated/α-hetero) is 1. The van der Waals surface area contributed by atoms with Gasteiger partial charge in [-0.25, -0.2) is 0 Å². The van der Waals surface area contributed by atoms with Crippen molar-refractivity contribution < 1.29 is 9.59 Å². The number of hydrogen-bond donors (Lipinski definition) is 2. The van der Waals surface area contributed by atoms with Crippen LogP contribution in [-0.2, 0) is 4.79 Å². The number of nitrogens with one attached hydrogen (secondary N) is 2. The van der Waals surface area contributed by atoms with Gasteiger partial charge in [0.2, 0.25) is 5.91 Å². The van der Waals surface area contributed by atoms with Crippen LogP contribution in [0.2, 0.25) is 0 Å². The van der Waals surface area contributed by atoms with Crippen LogP contribution >= 0.6 is 11.3 Å². The summed E-state index contributed by atoms with van der Waals surface area (Å²) >= 11 is 1.66. The number of carbonyl (C=O) groups excluding carboxylic acids is 2. The Bertz CT molecular complexity index is 907. The standard InChI is InChI=1S/C22H22N2O2S/c1-15(22(26)24-19-11-6-10-18(14-19)16(2)25)23-21(20-12-7-13-27-20)17-8-4-3-5-9-17/h3-15,21,23H,1-2H3,(H,24,26)/t15-,21+/m0/s1. The molecule has 0 radical (unpaired) electrons. The van der Waals surface area contributed by atoms with Crippen LogP contribution < -0.4 is 10.6 Å². The van der Waals surface area contributed by atoms with Crippen molar-refractivity contribution in [2.75, 3.05) is 5.32 Å². The van der Waals surface area contributed by atoms with Gasteiger partial charge in [-0.1, -0.05) is 48.5 Å². The SMILES string of the molecule is CC(=O)c1cccc(NC(=O)[C@H](C)N[C@H](c2ccccc2)c2cccs2)c1. The van der Waals surface area contributed by atoms with E-state index in [2.05, 4.69) is 28.8 Å². The highest BCUT2D eigenvalue weighted by Gasteiger charge is 2.21. The fourth-order valence-corrected chi connectivity index (χ4v) is 3.65. The first-order chi connectivity index (χ1) is 13.0. The van der Waals surface area contributed by atoms with Gasteiger partial charge in [0.25, 0.3) is 0 Å². The van der Waals surface area contributed by atoms with E-state index in [0.29, 0.717) is 11.3 Å². The van der Waals surface area contributed by atoms with Crippen LogP contribution in [0, 0.1) is 0 Å². The van der Waals surface area contributed by atoms with Crippen molar-refractivity contribution in [3.63, 3.8) is 0 Å². The number of rotatable bonds is 7. The van der Waals surface area contributed by atoms with Gasteiger partial charge in [-0.2, -0.15) is 0 Å². The minimum absolute atomic E-state index is 0.0286. The Kier molecular flexibility index (Phi) is 6.16. The molecule has 27 heavy (non-hydrogen) atoms. The third-order valence-corrected chi connectivity index (χ3v) is 5.24. The summed E-state index contributed by atoms with van der Waals surface area (Å²) in [6, 6.07) is 20.7. The molecule has 1 heterocycles. The second-order valence-corrected chi connectivity index (χ2v) is 7.35. The molecular formula is C22H22N2O2S. The van der Waals surface area contributed by atoms with Gasteiger partial charge in [-0.15, -0.1) is 11.3 Å². The number of carbonyl (C=O) groups is 2. The number of anilines is 1. The molecule has 0 bridgehead atoms. The molecule has 3 rings (SSSR count). The maximum Gasteiger partial charge on any atom is 0.241 e. The van der Waals surface area contributed by atoms with Crippen molar-refractivity contribution in [2.24, 2.45) is 0 Å². The molecule has 0 saturated heterocycles. The maximum atomic E-state index is 12.7. The molecule has 5 heteroatoms. The second kappa shape index (κ2) is 8.75. The molecule has 0 fully saturated rings. The van der Waals surface area contributed by atoms with Gasteiger partial charge in [0.1, 0.15) is 0 Å². The third kappa shape index (κ3) is 4.90.